The van der Waals surface area contributed by atoms with Crippen molar-refractivity contribution in [3.05, 3.63) is 40.8 Å². The Kier molecular flexibility index (Phi) is 6.68. The molecule has 114 valence electrons. The lowest BCUT2D eigenvalue weighted by Gasteiger charge is -2.10. The van der Waals surface area contributed by atoms with Crippen molar-refractivity contribution in [1.29, 1.82) is 0 Å². The predicted molar refractivity (Wildman–Crippen MR) is 76.4 cm³/mol. The van der Waals surface area contributed by atoms with Gasteiger partial charge in [0, 0.05) is 5.69 Å². The van der Waals surface area contributed by atoms with E-state index in [-0.39, 0.29) is 23.9 Å². The first kappa shape index (κ1) is 17.0. The second kappa shape index (κ2) is 8.26. The zero-order valence-electron chi connectivity index (χ0n) is 11.6. The summed E-state index contributed by atoms with van der Waals surface area (Å²) >= 11 is 5.65. The van der Waals surface area contributed by atoms with Crippen LogP contribution in [0.15, 0.2) is 30.0 Å². The number of hydrogen-bond acceptors (Lipinski definition) is 5. The van der Waals surface area contributed by atoms with Gasteiger partial charge in [0.1, 0.15) is 11.5 Å². The first-order chi connectivity index (χ1) is 9.97. The Morgan fingerprint density at radius 3 is 2.52 bits per heavy atom. The highest BCUT2D eigenvalue weighted by Gasteiger charge is 2.14. The topological polar surface area (TPSA) is 64.6 Å². The molecule has 0 aliphatic rings. The largest absolute Gasteiger partial charge is 0.463 e. The number of esters is 2. The molecule has 1 aromatic carbocycles. The molecule has 0 unspecified atom stereocenters. The van der Waals surface area contributed by atoms with E-state index in [1.165, 1.54) is 12.1 Å². The van der Waals surface area contributed by atoms with Gasteiger partial charge in [0.05, 0.1) is 24.3 Å². The lowest BCUT2D eigenvalue weighted by atomic mass is 10.3. The average molecular weight is 316 g/mol. The third kappa shape index (κ3) is 5.43. The first-order valence-corrected chi connectivity index (χ1v) is 6.63. The molecular formula is C14H15ClFNO4. The number of nitrogens with one attached hydrogen (secondary N) is 1. The molecule has 0 radical (unpaired) electrons. The van der Waals surface area contributed by atoms with Crippen LogP contribution in [0.4, 0.5) is 10.1 Å². The number of anilines is 1. The van der Waals surface area contributed by atoms with E-state index in [0.29, 0.717) is 5.69 Å². The summed E-state index contributed by atoms with van der Waals surface area (Å²) in [5, 5.41) is 2.54. The fourth-order valence-corrected chi connectivity index (χ4v) is 1.57. The van der Waals surface area contributed by atoms with E-state index in [1.54, 1.807) is 13.8 Å². The van der Waals surface area contributed by atoms with Crippen molar-refractivity contribution >= 4 is 29.2 Å². The maximum atomic E-state index is 13.1. The summed E-state index contributed by atoms with van der Waals surface area (Å²) in [7, 11) is 0. The standard InChI is InChI=1S/C14H15ClFNO4/c1-3-20-13(18)8-12(14(19)21-4-2)17-9-5-6-11(16)10(15)7-9/h5-8,17H,3-4H2,1-2H3/b12-8+. The SMILES string of the molecule is CCOC(=O)/C=C(/Nc1ccc(F)c(Cl)c1)C(=O)OCC. The van der Waals surface area contributed by atoms with Crippen molar-refractivity contribution in [2.24, 2.45) is 0 Å². The molecule has 5 nitrogen and oxygen atoms in total. The van der Waals surface area contributed by atoms with Gasteiger partial charge in [0.15, 0.2) is 0 Å². The van der Waals surface area contributed by atoms with Crippen LogP contribution in [0.1, 0.15) is 13.8 Å². The van der Waals surface area contributed by atoms with Crippen LogP contribution in [-0.2, 0) is 19.1 Å². The minimum Gasteiger partial charge on any atom is -0.463 e. The molecule has 21 heavy (non-hydrogen) atoms. The van der Waals surface area contributed by atoms with Gasteiger partial charge in [-0.25, -0.2) is 14.0 Å². The van der Waals surface area contributed by atoms with Crippen LogP contribution < -0.4 is 5.32 Å². The van der Waals surface area contributed by atoms with Crippen molar-refractivity contribution in [2.75, 3.05) is 18.5 Å². The normalized spacial score (nSPS) is 11.0. The Bertz CT molecular complexity index is 560. The van der Waals surface area contributed by atoms with Crippen molar-refractivity contribution in [3.8, 4) is 0 Å². The number of carbonyl (C=O) groups excluding carboxylic acids is 2. The minimum atomic E-state index is -0.731. The zero-order valence-corrected chi connectivity index (χ0v) is 12.4. The number of benzene rings is 1. The first-order valence-electron chi connectivity index (χ1n) is 6.25. The van der Waals surface area contributed by atoms with Gasteiger partial charge >= 0.3 is 11.9 Å². The molecule has 1 rings (SSSR count). The quantitative estimate of drug-likeness (QED) is 0.646. The molecule has 0 aliphatic heterocycles. The number of halogens is 2. The highest BCUT2D eigenvalue weighted by atomic mass is 35.5. The molecule has 1 aromatic rings. The highest BCUT2D eigenvalue weighted by molar-refractivity contribution is 6.31. The fourth-order valence-electron chi connectivity index (χ4n) is 1.39. The van der Waals surface area contributed by atoms with Crippen LogP contribution >= 0.6 is 11.6 Å². The van der Waals surface area contributed by atoms with Gasteiger partial charge < -0.3 is 14.8 Å². The molecule has 0 heterocycles. The van der Waals surface area contributed by atoms with E-state index in [1.807, 2.05) is 0 Å². The van der Waals surface area contributed by atoms with E-state index in [9.17, 15) is 14.0 Å². The number of ether oxygens (including phenoxy) is 2. The van der Waals surface area contributed by atoms with Crippen molar-refractivity contribution < 1.29 is 23.5 Å². The smallest absolute Gasteiger partial charge is 0.355 e. The number of hydrogen-bond donors (Lipinski definition) is 1. The monoisotopic (exact) mass is 315 g/mol. The van der Waals surface area contributed by atoms with Gasteiger partial charge in [-0.05, 0) is 32.0 Å². The van der Waals surface area contributed by atoms with Crippen molar-refractivity contribution in [2.45, 2.75) is 13.8 Å². The lowest BCUT2D eigenvalue weighted by molar-refractivity contribution is -0.140. The summed E-state index contributed by atoms with van der Waals surface area (Å²) in [5.41, 5.74) is 0.211. The molecule has 0 amide bonds. The summed E-state index contributed by atoms with van der Waals surface area (Å²) < 4.78 is 22.6. The van der Waals surface area contributed by atoms with Gasteiger partial charge in [0.25, 0.3) is 0 Å². The molecule has 0 bridgehead atoms. The third-order valence-electron chi connectivity index (χ3n) is 2.24. The molecular weight excluding hydrogens is 301 g/mol. The van der Waals surface area contributed by atoms with Crippen LogP contribution in [0.25, 0.3) is 0 Å². The third-order valence-corrected chi connectivity index (χ3v) is 2.53. The Hall–Kier alpha value is -2.08. The molecule has 0 saturated carbocycles. The van der Waals surface area contributed by atoms with Crippen LogP contribution in [-0.4, -0.2) is 25.2 Å². The molecule has 0 atom stereocenters. The van der Waals surface area contributed by atoms with Gasteiger partial charge in [-0.2, -0.15) is 0 Å². The van der Waals surface area contributed by atoms with E-state index < -0.39 is 17.8 Å². The van der Waals surface area contributed by atoms with Crippen LogP contribution in [0.5, 0.6) is 0 Å². The zero-order chi connectivity index (χ0) is 15.8. The summed E-state index contributed by atoms with van der Waals surface area (Å²) in [5.74, 6) is -2.01. The second-order valence-corrected chi connectivity index (χ2v) is 4.19. The van der Waals surface area contributed by atoms with Crippen LogP contribution in [0, 0.1) is 5.82 Å². The van der Waals surface area contributed by atoms with E-state index >= 15 is 0 Å². The molecule has 0 aromatic heterocycles. The minimum absolute atomic E-state index is 0.112. The van der Waals surface area contributed by atoms with Crippen molar-refractivity contribution in [3.63, 3.8) is 0 Å². The molecule has 0 aliphatic carbocycles. The van der Waals surface area contributed by atoms with E-state index in [0.717, 1.165) is 12.1 Å². The van der Waals surface area contributed by atoms with E-state index in [4.69, 9.17) is 21.1 Å². The lowest BCUT2D eigenvalue weighted by Crippen LogP contribution is -2.17. The predicted octanol–water partition coefficient (Wildman–Crippen LogP) is 2.90. The molecule has 0 saturated heterocycles. The van der Waals surface area contributed by atoms with Crippen LogP contribution in [0.3, 0.4) is 0 Å². The van der Waals surface area contributed by atoms with Crippen LogP contribution in [0.2, 0.25) is 5.02 Å². The summed E-state index contributed by atoms with van der Waals surface area (Å²) in [6.07, 6.45) is 0.971. The highest BCUT2D eigenvalue weighted by Crippen LogP contribution is 2.20. The van der Waals surface area contributed by atoms with E-state index in [2.05, 4.69) is 5.32 Å². The van der Waals surface area contributed by atoms with Crippen molar-refractivity contribution in [1.82, 2.24) is 0 Å². The number of rotatable bonds is 6. The Morgan fingerprint density at radius 2 is 1.95 bits per heavy atom. The summed E-state index contributed by atoms with van der Waals surface area (Å²) in [4.78, 5) is 23.2. The van der Waals surface area contributed by atoms with Gasteiger partial charge in [-0.3, -0.25) is 0 Å². The maximum absolute atomic E-state index is 13.1. The molecule has 1 N–H and O–H groups in total. The van der Waals surface area contributed by atoms with Gasteiger partial charge in [-0.15, -0.1) is 0 Å². The molecule has 7 heteroatoms. The molecule has 0 spiro atoms. The summed E-state index contributed by atoms with van der Waals surface area (Å²) in [6, 6.07) is 3.80. The molecule has 0 fully saturated rings. The average Bonchev–Trinajstić information content (AvgIpc) is 2.42. The summed E-state index contributed by atoms with van der Waals surface area (Å²) in [6.45, 7) is 3.59. The van der Waals surface area contributed by atoms with Gasteiger partial charge in [-0.1, -0.05) is 11.6 Å². The fraction of sp³-hybridized carbons (Fsp3) is 0.286. The maximum Gasteiger partial charge on any atom is 0.355 e. The van der Waals surface area contributed by atoms with Gasteiger partial charge in [0.2, 0.25) is 0 Å². The number of carbonyl (C=O) groups is 2. The Labute approximate surface area is 126 Å². The Morgan fingerprint density at radius 1 is 1.29 bits per heavy atom. The second-order valence-electron chi connectivity index (χ2n) is 3.78. The Balaban J connectivity index is 2.98.